The third kappa shape index (κ3) is 3.63. The average molecular weight is 512 g/mol. The van der Waals surface area contributed by atoms with Gasteiger partial charge in [0.25, 0.3) is 0 Å². The number of para-hydroxylation sites is 2. The zero-order chi connectivity index (χ0) is 26.5. The highest BCUT2D eigenvalue weighted by Crippen LogP contribution is 2.37. The number of pyridine rings is 1. The van der Waals surface area contributed by atoms with Crippen LogP contribution in [-0.2, 0) is 0 Å². The summed E-state index contributed by atoms with van der Waals surface area (Å²) in [5, 5.41) is 3.66. The van der Waals surface area contributed by atoms with E-state index in [1.54, 1.807) is 0 Å². The van der Waals surface area contributed by atoms with E-state index in [2.05, 4.69) is 155 Å². The first-order valence-corrected chi connectivity index (χ1v) is 13.6. The van der Waals surface area contributed by atoms with E-state index in [0.717, 1.165) is 39.4 Å². The van der Waals surface area contributed by atoms with Gasteiger partial charge < -0.3 is 4.57 Å². The molecule has 0 N–H and O–H groups in total. The monoisotopic (exact) mass is 511 g/mol. The van der Waals surface area contributed by atoms with Gasteiger partial charge in [0, 0.05) is 33.6 Å². The van der Waals surface area contributed by atoms with Crippen molar-refractivity contribution in [3.05, 3.63) is 152 Å². The number of nitrogens with zero attached hydrogens (tertiary/aromatic N) is 3. The Morgan fingerprint density at radius 3 is 1.90 bits per heavy atom. The predicted molar refractivity (Wildman–Crippen MR) is 166 cm³/mol. The fraction of sp³-hybridized carbons (Fsp3) is 0. The van der Waals surface area contributed by atoms with Gasteiger partial charge in [0.05, 0.1) is 22.2 Å². The summed E-state index contributed by atoms with van der Waals surface area (Å²) in [6.45, 7) is 0. The van der Waals surface area contributed by atoms with Crippen molar-refractivity contribution in [2.75, 3.05) is 0 Å². The third-order valence-corrected chi connectivity index (χ3v) is 7.74. The summed E-state index contributed by atoms with van der Waals surface area (Å²) >= 11 is 0. The smallest absolute Gasteiger partial charge is 0.138 e. The molecule has 0 aliphatic heterocycles. The summed E-state index contributed by atoms with van der Waals surface area (Å²) in [6, 6.07) is 51.4. The number of fused-ring (bicyclic) bond motifs is 4. The van der Waals surface area contributed by atoms with Gasteiger partial charge in [-0.15, -0.1) is 0 Å². The van der Waals surface area contributed by atoms with Crippen molar-refractivity contribution in [2.45, 2.75) is 0 Å². The van der Waals surface area contributed by atoms with E-state index in [4.69, 9.17) is 4.98 Å². The lowest BCUT2D eigenvalue weighted by Gasteiger charge is -2.13. The molecule has 0 aliphatic rings. The molecule has 0 fully saturated rings. The second-order valence-corrected chi connectivity index (χ2v) is 10.1. The maximum absolute atomic E-state index is 5.28. The van der Waals surface area contributed by atoms with Crippen molar-refractivity contribution in [3.8, 4) is 33.9 Å². The van der Waals surface area contributed by atoms with E-state index in [-0.39, 0.29) is 0 Å². The molecule has 3 heteroatoms. The second-order valence-electron chi connectivity index (χ2n) is 10.1. The van der Waals surface area contributed by atoms with Crippen molar-refractivity contribution in [3.63, 3.8) is 0 Å². The van der Waals surface area contributed by atoms with Crippen molar-refractivity contribution >= 4 is 32.7 Å². The average Bonchev–Trinajstić information content (AvgIpc) is 3.59. The number of aromatic nitrogens is 3. The van der Waals surface area contributed by atoms with Gasteiger partial charge in [0.1, 0.15) is 5.82 Å². The number of rotatable bonds is 4. The molecule has 0 atom stereocenters. The fourth-order valence-electron chi connectivity index (χ4n) is 5.84. The minimum absolute atomic E-state index is 0.906. The van der Waals surface area contributed by atoms with E-state index >= 15 is 0 Å². The van der Waals surface area contributed by atoms with Crippen LogP contribution >= 0.6 is 0 Å². The zero-order valence-electron chi connectivity index (χ0n) is 21.8. The van der Waals surface area contributed by atoms with Gasteiger partial charge in [-0.3, -0.25) is 4.57 Å². The molecular weight excluding hydrogens is 486 g/mol. The molecule has 0 spiro atoms. The van der Waals surface area contributed by atoms with Crippen LogP contribution in [0.4, 0.5) is 0 Å². The minimum Gasteiger partial charge on any atom is -0.316 e. The van der Waals surface area contributed by atoms with Gasteiger partial charge in [0.2, 0.25) is 0 Å². The van der Waals surface area contributed by atoms with Gasteiger partial charge in [0.15, 0.2) is 0 Å². The van der Waals surface area contributed by atoms with Crippen LogP contribution in [0.3, 0.4) is 0 Å². The van der Waals surface area contributed by atoms with Crippen LogP contribution in [0.25, 0.3) is 66.6 Å². The Bertz CT molecular complexity index is 2080. The standard InChI is InChI=1S/C37H25N3/c1-4-12-26(13-5-1)29-23-33(27-14-6-2-7-15-27)38-37(24-29)40-34-19-11-10-18-31(34)32-22-28-20-21-39(35(28)25-36(32)40)30-16-8-3-9-17-30/h1-25H. The Hall–Kier alpha value is -5.41. The van der Waals surface area contributed by atoms with Crippen LogP contribution in [0, 0.1) is 0 Å². The molecule has 0 bridgehead atoms. The van der Waals surface area contributed by atoms with E-state index in [9.17, 15) is 0 Å². The first kappa shape index (κ1) is 22.6. The molecule has 0 radical (unpaired) electrons. The quantitative estimate of drug-likeness (QED) is 0.231. The number of hydrogen-bond acceptors (Lipinski definition) is 1. The summed E-state index contributed by atoms with van der Waals surface area (Å²) in [5.74, 6) is 0.906. The van der Waals surface area contributed by atoms with E-state index < -0.39 is 0 Å². The van der Waals surface area contributed by atoms with Gasteiger partial charge >= 0.3 is 0 Å². The molecule has 0 saturated carbocycles. The number of hydrogen-bond donors (Lipinski definition) is 0. The van der Waals surface area contributed by atoms with Gasteiger partial charge in [-0.2, -0.15) is 0 Å². The summed E-state index contributed by atoms with van der Waals surface area (Å²) in [7, 11) is 0. The Morgan fingerprint density at radius 2 is 1.12 bits per heavy atom. The second kappa shape index (κ2) is 9.11. The molecule has 8 aromatic rings. The first-order chi connectivity index (χ1) is 19.8. The van der Waals surface area contributed by atoms with Crippen molar-refractivity contribution in [1.82, 2.24) is 14.1 Å². The minimum atomic E-state index is 0.906. The Kier molecular flexibility index (Phi) is 5.14. The molecule has 5 aromatic carbocycles. The highest BCUT2D eigenvalue weighted by Gasteiger charge is 2.17. The topological polar surface area (TPSA) is 22.8 Å². The molecule has 0 unspecified atom stereocenters. The lowest BCUT2D eigenvalue weighted by molar-refractivity contribution is 1.08. The predicted octanol–water partition coefficient (Wildman–Crippen LogP) is 9.46. The molecule has 0 aliphatic carbocycles. The van der Waals surface area contributed by atoms with Crippen LogP contribution in [0.1, 0.15) is 0 Å². The largest absolute Gasteiger partial charge is 0.316 e. The molecule has 8 rings (SSSR count). The maximum atomic E-state index is 5.28. The highest BCUT2D eigenvalue weighted by atomic mass is 15.1. The SMILES string of the molecule is c1ccc(-c2cc(-c3ccccc3)nc(-n3c4ccccc4c4cc5ccn(-c6ccccc6)c5cc43)c2)cc1. The molecule has 3 nitrogen and oxygen atoms in total. The number of benzene rings is 5. The summed E-state index contributed by atoms with van der Waals surface area (Å²) < 4.78 is 4.59. The highest BCUT2D eigenvalue weighted by molar-refractivity contribution is 6.13. The molecule has 188 valence electrons. The van der Waals surface area contributed by atoms with Crippen LogP contribution in [-0.4, -0.2) is 14.1 Å². The van der Waals surface area contributed by atoms with Gasteiger partial charge in [-0.25, -0.2) is 4.98 Å². The normalized spacial score (nSPS) is 11.5. The van der Waals surface area contributed by atoms with Gasteiger partial charge in [-0.1, -0.05) is 97.1 Å². The Labute approximate surface area is 232 Å². The van der Waals surface area contributed by atoms with E-state index in [1.165, 1.54) is 27.2 Å². The molecule has 40 heavy (non-hydrogen) atoms. The summed E-state index contributed by atoms with van der Waals surface area (Å²) in [4.78, 5) is 5.28. The molecular formula is C37H25N3. The molecule has 0 saturated heterocycles. The van der Waals surface area contributed by atoms with Crippen molar-refractivity contribution < 1.29 is 0 Å². The van der Waals surface area contributed by atoms with Crippen LogP contribution in [0.2, 0.25) is 0 Å². The first-order valence-electron chi connectivity index (χ1n) is 13.6. The third-order valence-electron chi connectivity index (χ3n) is 7.74. The van der Waals surface area contributed by atoms with E-state index in [0.29, 0.717) is 0 Å². The Morgan fingerprint density at radius 1 is 0.450 bits per heavy atom. The molecule has 3 aromatic heterocycles. The van der Waals surface area contributed by atoms with Crippen LogP contribution in [0.15, 0.2) is 152 Å². The lowest BCUT2D eigenvalue weighted by Crippen LogP contribution is -2.00. The Balaban J connectivity index is 1.45. The van der Waals surface area contributed by atoms with Crippen molar-refractivity contribution in [2.24, 2.45) is 0 Å². The van der Waals surface area contributed by atoms with Crippen LogP contribution < -0.4 is 0 Å². The molecule has 3 heterocycles. The summed E-state index contributed by atoms with van der Waals surface area (Å²) in [6.07, 6.45) is 2.16. The summed E-state index contributed by atoms with van der Waals surface area (Å²) in [5.41, 5.74) is 8.97. The lowest BCUT2D eigenvalue weighted by atomic mass is 10.0. The van der Waals surface area contributed by atoms with E-state index in [1.807, 2.05) is 6.07 Å². The maximum Gasteiger partial charge on any atom is 0.138 e. The van der Waals surface area contributed by atoms with Gasteiger partial charge in [-0.05, 0) is 59.7 Å². The molecule has 0 amide bonds. The van der Waals surface area contributed by atoms with Crippen molar-refractivity contribution in [1.29, 1.82) is 0 Å². The zero-order valence-corrected chi connectivity index (χ0v) is 21.8. The van der Waals surface area contributed by atoms with Crippen LogP contribution in [0.5, 0.6) is 0 Å². The fourth-order valence-corrected chi connectivity index (χ4v) is 5.84.